The molecule has 132 valence electrons. The van der Waals surface area contributed by atoms with Crippen LogP contribution in [0.5, 0.6) is 11.5 Å². The van der Waals surface area contributed by atoms with Crippen molar-refractivity contribution in [2.45, 2.75) is 38.2 Å². The van der Waals surface area contributed by atoms with Crippen molar-refractivity contribution in [1.82, 2.24) is 9.97 Å². The molecule has 0 bridgehead atoms. The molecule has 4 rings (SSSR count). The molecule has 6 nitrogen and oxygen atoms in total. The molecule has 3 heterocycles. The predicted octanol–water partition coefficient (Wildman–Crippen LogP) is 2.68. The monoisotopic (exact) mass is 341 g/mol. The van der Waals surface area contributed by atoms with Crippen molar-refractivity contribution in [3.05, 3.63) is 41.9 Å². The van der Waals surface area contributed by atoms with Crippen LogP contribution in [0.2, 0.25) is 0 Å². The van der Waals surface area contributed by atoms with E-state index in [9.17, 15) is 5.11 Å². The zero-order valence-electron chi connectivity index (χ0n) is 14.6. The predicted molar refractivity (Wildman–Crippen MR) is 94.3 cm³/mol. The SMILES string of the molecule is CC(C)c1cncnc1N1CC[C@@H](c2ccc3c(c2)OCO3)[C@H](O)C1. The molecule has 0 spiro atoms. The Hall–Kier alpha value is -2.34. The summed E-state index contributed by atoms with van der Waals surface area (Å²) in [5.74, 6) is 2.92. The highest BCUT2D eigenvalue weighted by molar-refractivity contribution is 5.49. The average Bonchev–Trinajstić information content (AvgIpc) is 3.09. The number of aliphatic hydroxyl groups excluding tert-OH is 1. The summed E-state index contributed by atoms with van der Waals surface area (Å²) in [5, 5.41) is 10.8. The number of ether oxygens (including phenoxy) is 2. The first kappa shape index (κ1) is 16.1. The Balaban J connectivity index is 1.53. The maximum atomic E-state index is 10.8. The average molecular weight is 341 g/mol. The van der Waals surface area contributed by atoms with Gasteiger partial charge in [-0.25, -0.2) is 9.97 Å². The highest BCUT2D eigenvalue weighted by Gasteiger charge is 2.31. The molecule has 2 aliphatic heterocycles. The molecule has 1 fully saturated rings. The minimum atomic E-state index is -0.455. The van der Waals surface area contributed by atoms with Gasteiger partial charge in [0.05, 0.1) is 6.10 Å². The van der Waals surface area contributed by atoms with Crippen LogP contribution in [0.1, 0.15) is 43.2 Å². The highest BCUT2D eigenvalue weighted by Crippen LogP contribution is 2.38. The molecule has 0 aliphatic carbocycles. The maximum Gasteiger partial charge on any atom is 0.231 e. The van der Waals surface area contributed by atoms with Gasteiger partial charge in [0.2, 0.25) is 6.79 Å². The Bertz CT molecular complexity index is 765. The highest BCUT2D eigenvalue weighted by atomic mass is 16.7. The van der Waals surface area contributed by atoms with Gasteiger partial charge in [0, 0.05) is 30.8 Å². The lowest BCUT2D eigenvalue weighted by molar-refractivity contribution is 0.129. The van der Waals surface area contributed by atoms with Crippen LogP contribution in [0.4, 0.5) is 5.82 Å². The summed E-state index contributed by atoms with van der Waals surface area (Å²) in [4.78, 5) is 10.8. The van der Waals surface area contributed by atoms with Gasteiger partial charge in [-0.3, -0.25) is 0 Å². The lowest BCUT2D eigenvalue weighted by Crippen LogP contribution is -2.43. The van der Waals surface area contributed by atoms with Crippen molar-refractivity contribution < 1.29 is 14.6 Å². The molecule has 0 amide bonds. The van der Waals surface area contributed by atoms with E-state index in [1.807, 2.05) is 24.4 Å². The number of fused-ring (bicyclic) bond motifs is 1. The van der Waals surface area contributed by atoms with Gasteiger partial charge in [-0.05, 0) is 30.0 Å². The molecule has 2 aliphatic rings. The summed E-state index contributed by atoms with van der Waals surface area (Å²) < 4.78 is 10.8. The minimum Gasteiger partial charge on any atom is -0.454 e. The van der Waals surface area contributed by atoms with Gasteiger partial charge in [0.15, 0.2) is 11.5 Å². The summed E-state index contributed by atoms with van der Waals surface area (Å²) in [5.41, 5.74) is 2.22. The van der Waals surface area contributed by atoms with E-state index in [1.54, 1.807) is 6.33 Å². The Morgan fingerprint density at radius 3 is 2.88 bits per heavy atom. The van der Waals surface area contributed by atoms with E-state index in [0.717, 1.165) is 41.4 Å². The molecule has 2 aromatic rings. The van der Waals surface area contributed by atoms with Gasteiger partial charge in [-0.2, -0.15) is 0 Å². The van der Waals surface area contributed by atoms with Crippen LogP contribution in [0.15, 0.2) is 30.7 Å². The summed E-state index contributed by atoms with van der Waals surface area (Å²) in [6.07, 6.45) is 3.87. The summed E-state index contributed by atoms with van der Waals surface area (Å²) in [6.45, 7) is 5.96. The first-order valence-electron chi connectivity index (χ1n) is 8.76. The number of nitrogens with zero attached hydrogens (tertiary/aromatic N) is 3. The normalized spacial score (nSPS) is 22.5. The maximum absolute atomic E-state index is 10.8. The van der Waals surface area contributed by atoms with E-state index < -0.39 is 6.10 Å². The van der Waals surface area contributed by atoms with Crippen LogP contribution < -0.4 is 14.4 Å². The number of piperidine rings is 1. The van der Waals surface area contributed by atoms with E-state index in [1.165, 1.54) is 0 Å². The zero-order valence-corrected chi connectivity index (χ0v) is 14.6. The minimum absolute atomic E-state index is 0.0927. The number of aliphatic hydroxyl groups is 1. The van der Waals surface area contributed by atoms with Gasteiger partial charge in [0.1, 0.15) is 12.1 Å². The number of benzene rings is 1. The fourth-order valence-electron chi connectivity index (χ4n) is 3.66. The summed E-state index contributed by atoms with van der Waals surface area (Å²) >= 11 is 0. The van der Waals surface area contributed by atoms with Gasteiger partial charge >= 0.3 is 0 Å². The van der Waals surface area contributed by atoms with E-state index >= 15 is 0 Å². The van der Waals surface area contributed by atoms with E-state index in [2.05, 4.69) is 28.7 Å². The molecule has 0 unspecified atom stereocenters. The Kier molecular flexibility index (Phi) is 4.21. The van der Waals surface area contributed by atoms with Crippen molar-refractivity contribution in [1.29, 1.82) is 0 Å². The van der Waals surface area contributed by atoms with Crippen LogP contribution in [-0.2, 0) is 0 Å². The molecule has 1 aromatic heterocycles. The number of anilines is 1. The lowest BCUT2D eigenvalue weighted by atomic mass is 9.86. The summed E-state index contributed by atoms with van der Waals surface area (Å²) in [6, 6.07) is 5.95. The third-order valence-electron chi connectivity index (χ3n) is 5.05. The number of aromatic nitrogens is 2. The Morgan fingerprint density at radius 1 is 1.24 bits per heavy atom. The van der Waals surface area contributed by atoms with E-state index in [4.69, 9.17) is 9.47 Å². The van der Waals surface area contributed by atoms with Crippen molar-refractivity contribution >= 4 is 5.82 Å². The van der Waals surface area contributed by atoms with Crippen LogP contribution in [0.25, 0.3) is 0 Å². The molecule has 1 N–H and O–H groups in total. The van der Waals surface area contributed by atoms with Gasteiger partial charge < -0.3 is 19.5 Å². The smallest absolute Gasteiger partial charge is 0.231 e. The number of hydrogen-bond donors (Lipinski definition) is 1. The zero-order chi connectivity index (χ0) is 17.4. The lowest BCUT2D eigenvalue weighted by Gasteiger charge is -2.37. The molecule has 6 heteroatoms. The van der Waals surface area contributed by atoms with Gasteiger partial charge in [-0.15, -0.1) is 0 Å². The van der Waals surface area contributed by atoms with Gasteiger partial charge in [-0.1, -0.05) is 19.9 Å². The quantitative estimate of drug-likeness (QED) is 0.926. The molecule has 0 radical (unpaired) electrons. The van der Waals surface area contributed by atoms with E-state index in [-0.39, 0.29) is 12.7 Å². The molecule has 1 aromatic carbocycles. The first-order valence-corrected chi connectivity index (χ1v) is 8.76. The third-order valence-corrected chi connectivity index (χ3v) is 5.05. The molecule has 1 saturated heterocycles. The second-order valence-corrected chi connectivity index (χ2v) is 6.98. The Labute approximate surface area is 147 Å². The van der Waals surface area contributed by atoms with Crippen molar-refractivity contribution in [3.8, 4) is 11.5 Å². The third kappa shape index (κ3) is 3.02. The topological polar surface area (TPSA) is 67.7 Å². The fourth-order valence-corrected chi connectivity index (χ4v) is 3.66. The van der Waals surface area contributed by atoms with Crippen LogP contribution >= 0.6 is 0 Å². The second-order valence-electron chi connectivity index (χ2n) is 6.98. The number of rotatable bonds is 3. The van der Waals surface area contributed by atoms with Crippen molar-refractivity contribution in [2.75, 3.05) is 24.8 Å². The fraction of sp³-hybridized carbons (Fsp3) is 0.474. The second kappa shape index (κ2) is 6.52. The molecule has 25 heavy (non-hydrogen) atoms. The number of β-amino-alcohol motifs (C(OH)–C–C–N with tert-alkyl or cyclic N) is 1. The molecule has 0 saturated carbocycles. The van der Waals surface area contributed by atoms with E-state index in [0.29, 0.717) is 12.5 Å². The number of hydrogen-bond acceptors (Lipinski definition) is 6. The van der Waals surface area contributed by atoms with Crippen LogP contribution in [0, 0.1) is 0 Å². The molecule has 2 atom stereocenters. The Morgan fingerprint density at radius 2 is 2.08 bits per heavy atom. The van der Waals surface area contributed by atoms with Crippen molar-refractivity contribution in [3.63, 3.8) is 0 Å². The standard InChI is InChI=1S/C19H23N3O3/c1-12(2)15-8-20-10-21-19(15)22-6-5-14(16(23)9-22)13-3-4-17-18(7-13)25-11-24-17/h3-4,7-8,10,12,14,16,23H,5-6,9,11H2,1-2H3/t14-,16+/m0/s1. The van der Waals surface area contributed by atoms with Gasteiger partial charge in [0.25, 0.3) is 0 Å². The van der Waals surface area contributed by atoms with Crippen LogP contribution in [-0.4, -0.2) is 41.1 Å². The first-order chi connectivity index (χ1) is 12.1. The molecular formula is C19H23N3O3. The van der Waals surface area contributed by atoms with Crippen LogP contribution in [0.3, 0.4) is 0 Å². The van der Waals surface area contributed by atoms with Crippen molar-refractivity contribution in [2.24, 2.45) is 0 Å². The largest absolute Gasteiger partial charge is 0.454 e. The molecular weight excluding hydrogens is 318 g/mol. The summed E-state index contributed by atoms with van der Waals surface area (Å²) in [7, 11) is 0.